The van der Waals surface area contributed by atoms with Crippen molar-refractivity contribution in [2.24, 2.45) is 0 Å². The van der Waals surface area contributed by atoms with Crippen LogP contribution in [0.15, 0.2) is 18.5 Å². The van der Waals surface area contributed by atoms with Gasteiger partial charge in [0.2, 0.25) is 5.91 Å². The van der Waals surface area contributed by atoms with Gasteiger partial charge >= 0.3 is 5.97 Å². The number of carboxylic acids is 1. The van der Waals surface area contributed by atoms with Crippen molar-refractivity contribution >= 4 is 11.9 Å². The van der Waals surface area contributed by atoms with Crippen molar-refractivity contribution in [3.05, 3.63) is 24.0 Å². The molecule has 0 fully saturated rings. The monoisotopic (exact) mass is 224 g/mol. The Bertz CT molecular complexity index is 402. The Morgan fingerprint density at radius 3 is 2.50 bits per heavy atom. The number of nitrogens with one attached hydrogen (secondary N) is 1. The molecular weight excluding hydrogens is 208 g/mol. The second kappa shape index (κ2) is 4.38. The van der Waals surface area contributed by atoms with Gasteiger partial charge in [-0.1, -0.05) is 0 Å². The fourth-order valence-corrected chi connectivity index (χ4v) is 1.29. The van der Waals surface area contributed by atoms with Crippen molar-refractivity contribution in [1.82, 2.24) is 9.88 Å². The van der Waals surface area contributed by atoms with Gasteiger partial charge in [0.25, 0.3) is 0 Å². The molecule has 0 saturated carbocycles. The average Bonchev–Trinajstić information content (AvgIpc) is 2.48. The van der Waals surface area contributed by atoms with Crippen LogP contribution >= 0.6 is 0 Å². The quantitative estimate of drug-likeness (QED) is 0.807. The lowest BCUT2D eigenvalue weighted by molar-refractivity contribution is -0.123. The van der Waals surface area contributed by atoms with Crippen molar-refractivity contribution in [1.29, 1.82) is 0 Å². The molecule has 0 saturated heterocycles. The molecule has 1 aromatic heterocycles. The van der Waals surface area contributed by atoms with Crippen LogP contribution in [0.1, 0.15) is 31.1 Å². The lowest BCUT2D eigenvalue weighted by Crippen LogP contribution is -2.42. The largest absolute Gasteiger partial charge is 0.478 e. The minimum Gasteiger partial charge on any atom is -0.478 e. The summed E-state index contributed by atoms with van der Waals surface area (Å²) in [5.74, 6) is -1.13. The number of nitrogens with zero attached hydrogens (tertiary/aromatic N) is 1. The first-order valence-corrected chi connectivity index (χ1v) is 4.98. The van der Waals surface area contributed by atoms with Crippen molar-refractivity contribution < 1.29 is 14.7 Å². The number of carboxylic acid groups (broad SMARTS) is 1. The Morgan fingerprint density at radius 2 is 2.06 bits per heavy atom. The molecule has 0 aliphatic rings. The Hall–Kier alpha value is -1.78. The predicted molar refractivity (Wildman–Crippen MR) is 59.3 cm³/mol. The number of aromatic carboxylic acids is 1. The highest BCUT2D eigenvalue weighted by molar-refractivity contribution is 5.87. The topological polar surface area (TPSA) is 71.3 Å². The number of hydrogen-bond acceptors (Lipinski definition) is 2. The van der Waals surface area contributed by atoms with E-state index in [0.29, 0.717) is 0 Å². The molecule has 0 aliphatic carbocycles. The summed E-state index contributed by atoms with van der Waals surface area (Å²) in [6.45, 7) is 5.81. The molecule has 1 rings (SSSR count). The maximum absolute atomic E-state index is 11.5. The third kappa shape index (κ3) is 3.76. The first kappa shape index (κ1) is 12.3. The summed E-state index contributed by atoms with van der Waals surface area (Å²) < 4.78 is 1.55. The van der Waals surface area contributed by atoms with Gasteiger partial charge in [-0.3, -0.25) is 4.79 Å². The van der Waals surface area contributed by atoms with E-state index in [0.717, 1.165) is 0 Å². The van der Waals surface area contributed by atoms with Gasteiger partial charge in [-0.2, -0.15) is 0 Å². The number of carbonyl (C=O) groups is 2. The zero-order chi connectivity index (χ0) is 12.3. The van der Waals surface area contributed by atoms with Crippen LogP contribution in [0, 0.1) is 0 Å². The van der Waals surface area contributed by atoms with Crippen LogP contribution in [0.2, 0.25) is 0 Å². The smallest absolute Gasteiger partial charge is 0.337 e. The van der Waals surface area contributed by atoms with Crippen molar-refractivity contribution in [2.45, 2.75) is 32.9 Å². The van der Waals surface area contributed by atoms with Gasteiger partial charge in [0.05, 0.1) is 5.56 Å². The van der Waals surface area contributed by atoms with Crippen LogP contribution in [-0.2, 0) is 11.3 Å². The van der Waals surface area contributed by atoms with E-state index in [-0.39, 0.29) is 23.6 Å². The molecule has 1 heterocycles. The van der Waals surface area contributed by atoms with Crippen LogP contribution in [0.3, 0.4) is 0 Å². The van der Waals surface area contributed by atoms with E-state index in [1.54, 1.807) is 10.8 Å². The summed E-state index contributed by atoms with van der Waals surface area (Å²) in [6, 6.07) is 1.46. The molecule has 2 N–H and O–H groups in total. The zero-order valence-electron chi connectivity index (χ0n) is 9.65. The predicted octanol–water partition coefficient (Wildman–Crippen LogP) is 1.10. The molecule has 1 amide bonds. The van der Waals surface area contributed by atoms with Crippen LogP contribution in [0.5, 0.6) is 0 Å². The van der Waals surface area contributed by atoms with Crippen LogP contribution < -0.4 is 5.32 Å². The number of rotatable bonds is 3. The van der Waals surface area contributed by atoms with E-state index in [4.69, 9.17) is 5.11 Å². The maximum atomic E-state index is 11.5. The van der Waals surface area contributed by atoms with Gasteiger partial charge in [-0.05, 0) is 26.8 Å². The van der Waals surface area contributed by atoms with E-state index in [9.17, 15) is 9.59 Å². The summed E-state index contributed by atoms with van der Waals surface area (Å²) in [7, 11) is 0. The Morgan fingerprint density at radius 1 is 1.44 bits per heavy atom. The number of carbonyl (C=O) groups excluding carboxylic acids is 1. The molecule has 0 unspecified atom stereocenters. The first-order valence-electron chi connectivity index (χ1n) is 4.98. The Labute approximate surface area is 94.1 Å². The van der Waals surface area contributed by atoms with Crippen LogP contribution in [0.4, 0.5) is 0 Å². The maximum Gasteiger partial charge on any atom is 0.337 e. The van der Waals surface area contributed by atoms with Gasteiger partial charge in [0, 0.05) is 17.9 Å². The third-order valence-electron chi connectivity index (χ3n) is 1.84. The van der Waals surface area contributed by atoms with Gasteiger partial charge in [-0.25, -0.2) is 4.79 Å². The molecule has 0 spiro atoms. The molecule has 0 radical (unpaired) electrons. The Kier molecular flexibility index (Phi) is 3.37. The van der Waals surface area contributed by atoms with Crippen molar-refractivity contribution in [2.75, 3.05) is 0 Å². The normalized spacial score (nSPS) is 11.2. The second-order valence-electron chi connectivity index (χ2n) is 4.68. The minimum absolute atomic E-state index is 0.130. The molecule has 5 heteroatoms. The Balaban J connectivity index is 2.60. The summed E-state index contributed by atoms with van der Waals surface area (Å²) in [5, 5.41) is 11.5. The van der Waals surface area contributed by atoms with E-state index < -0.39 is 5.97 Å². The molecule has 0 aliphatic heterocycles. The zero-order valence-corrected chi connectivity index (χ0v) is 9.65. The molecule has 16 heavy (non-hydrogen) atoms. The van der Waals surface area contributed by atoms with Gasteiger partial charge in [-0.15, -0.1) is 0 Å². The van der Waals surface area contributed by atoms with Crippen LogP contribution in [0.25, 0.3) is 0 Å². The standard InChI is InChI=1S/C11H16N2O3/c1-11(2,3)12-9(14)7-13-5-4-8(6-13)10(15)16/h4-6H,7H2,1-3H3,(H,12,14)(H,15,16). The summed E-state index contributed by atoms with van der Waals surface area (Å²) in [6.07, 6.45) is 3.01. The van der Waals surface area contributed by atoms with E-state index in [2.05, 4.69) is 5.32 Å². The second-order valence-corrected chi connectivity index (χ2v) is 4.68. The molecule has 0 bridgehead atoms. The van der Waals surface area contributed by atoms with Gasteiger partial charge < -0.3 is 15.0 Å². The lowest BCUT2D eigenvalue weighted by atomic mass is 10.1. The highest BCUT2D eigenvalue weighted by atomic mass is 16.4. The number of aromatic nitrogens is 1. The first-order chi connectivity index (χ1) is 7.28. The van der Waals surface area contributed by atoms with Crippen molar-refractivity contribution in [3.8, 4) is 0 Å². The molecular formula is C11H16N2O3. The van der Waals surface area contributed by atoms with E-state index in [1.165, 1.54) is 12.3 Å². The third-order valence-corrected chi connectivity index (χ3v) is 1.84. The summed E-state index contributed by atoms with van der Waals surface area (Å²) >= 11 is 0. The molecule has 5 nitrogen and oxygen atoms in total. The highest BCUT2D eigenvalue weighted by Crippen LogP contribution is 2.02. The number of amides is 1. The fourth-order valence-electron chi connectivity index (χ4n) is 1.29. The van der Waals surface area contributed by atoms with Gasteiger partial charge in [0.1, 0.15) is 6.54 Å². The molecule has 0 aromatic carbocycles. The minimum atomic E-state index is -0.991. The number of hydrogen-bond donors (Lipinski definition) is 2. The summed E-state index contributed by atoms with van der Waals surface area (Å²) in [5.41, 5.74) is -0.0941. The lowest BCUT2D eigenvalue weighted by Gasteiger charge is -2.20. The van der Waals surface area contributed by atoms with E-state index in [1.807, 2.05) is 20.8 Å². The van der Waals surface area contributed by atoms with Crippen LogP contribution in [-0.4, -0.2) is 27.1 Å². The van der Waals surface area contributed by atoms with Gasteiger partial charge in [0.15, 0.2) is 0 Å². The van der Waals surface area contributed by atoms with Crippen molar-refractivity contribution in [3.63, 3.8) is 0 Å². The highest BCUT2D eigenvalue weighted by Gasteiger charge is 2.14. The SMILES string of the molecule is CC(C)(C)NC(=O)Cn1ccc(C(=O)O)c1. The van der Waals surface area contributed by atoms with E-state index >= 15 is 0 Å². The average molecular weight is 224 g/mol. The fraction of sp³-hybridized carbons (Fsp3) is 0.455. The summed E-state index contributed by atoms with van der Waals surface area (Å²) in [4.78, 5) is 22.1. The molecule has 0 atom stereocenters. The molecule has 88 valence electrons. The molecule has 1 aromatic rings.